The van der Waals surface area contributed by atoms with Crippen LogP contribution in [0.15, 0.2) is 0 Å². The molecule has 0 bridgehead atoms. The smallest absolute Gasteiger partial charge is 0.212 e. The number of halogens is 1. The molecule has 1 aromatic rings. The van der Waals surface area contributed by atoms with Crippen molar-refractivity contribution in [3.63, 3.8) is 0 Å². The lowest BCUT2D eigenvalue weighted by Crippen LogP contribution is -2.04. The normalized spacial score (nSPS) is 10.7. The Morgan fingerprint density at radius 2 is 2.22 bits per heavy atom. The summed E-state index contributed by atoms with van der Waals surface area (Å²) in [6, 6.07) is 0.354. The van der Waals surface area contributed by atoms with Gasteiger partial charge in [-0.05, 0) is 24.3 Å². The number of aromatic nitrogens is 4. The van der Waals surface area contributed by atoms with Gasteiger partial charge in [0.25, 0.3) is 0 Å². The van der Waals surface area contributed by atoms with E-state index in [-0.39, 0.29) is 0 Å². The molecule has 4 nitrogen and oxygen atoms in total. The molecule has 1 aromatic heterocycles. The predicted molar refractivity (Wildman–Crippen MR) is 40.9 cm³/mol. The lowest BCUT2D eigenvalue weighted by molar-refractivity contribution is 0.503. The van der Waals surface area contributed by atoms with E-state index in [1.54, 1.807) is 4.68 Å². The molecule has 5 heteroatoms. The van der Waals surface area contributed by atoms with Crippen molar-refractivity contribution in [1.82, 2.24) is 20.2 Å². The summed E-state index contributed by atoms with van der Waals surface area (Å²) < 4.78 is 2.60. The van der Waals surface area contributed by atoms with Crippen molar-refractivity contribution in [2.75, 3.05) is 0 Å². The molecule has 50 valence electrons. The Labute approximate surface area is 66.8 Å². The molecule has 1 heterocycles. The standard InChI is InChI=1S/C4H7IN4/c1-3(2)9-4(5)6-7-8-9/h3H,1-2H3. The summed E-state index contributed by atoms with van der Waals surface area (Å²) >= 11 is 2.10. The molecular weight excluding hydrogens is 231 g/mol. The molecule has 0 atom stereocenters. The van der Waals surface area contributed by atoms with E-state index in [9.17, 15) is 0 Å². The first-order valence-electron chi connectivity index (χ1n) is 2.65. The van der Waals surface area contributed by atoms with E-state index < -0.39 is 0 Å². The van der Waals surface area contributed by atoms with Crippen molar-refractivity contribution in [1.29, 1.82) is 0 Å². The zero-order chi connectivity index (χ0) is 6.85. The highest BCUT2D eigenvalue weighted by atomic mass is 127. The van der Waals surface area contributed by atoms with E-state index in [2.05, 4.69) is 38.1 Å². The van der Waals surface area contributed by atoms with Crippen LogP contribution in [0.2, 0.25) is 0 Å². The number of hydrogen-bond acceptors (Lipinski definition) is 3. The summed E-state index contributed by atoms with van der Waals surface area (Å²) in [5.41, 5.74) is 0. The minimum Gasteiger partial charge on any atom is -0.218 e. The summed E-state index contributed by atoms with van der Waals surface area (Å²) in [7, 11) is 0. The van der Waals surface area contributed by atoms with Crippen LogP contribution in [0.5, 0.6) is 0 Å². The highest BCUT2D eigenvalue weighted by Gasteiger charge is 2.03. The van der Waals surface area contributed by atoms with Crippen LogP contribution in [0.4, 0.5) is 0 Å². The molecule has 0 fully saturated rings. The number of rotatable bonds is 1. The Morgan fingerprint density at radius 1 is 1.56 bits per heavy atom. The first-order valence-corrected chi connectivity index (χ1v) is 3.73. The molecule has 0 saturated carbocycles. The van der Waals surface area contributed by atoms with Crippen LogP contribution in [-0.4, -0.2) is 20.2 Å². The first kappa shape index (κ1) is 6.91. The van der Waals surface area contributed by atoms with Gasteiger partial charge in [0.05, 0.1) is 6.04 Å². The largest absolute Gasteiger partial charge is 0.218 e. The van der Waals surface area contributed by atoms with E-state index in [0.717, 1.165) is 3.83 Å². The van der Waals surface area contributed by atoms with Gasteiger partial charge in [-0.25, -0.2) is 4.68 Å². The molecular formula is C4H7IN4. The van der Waals surface area contributed by atoms with Crippen LogP contribution in [0.3, 0.4) is 0 Å². The second-order valence-electron chi connectivity index (χ2n) is 1.99. The van der Waals surface area contributed by atoms with Gasteiger partial charge in [-0.2, -0.15) is 0 Å². The van der Waals surface area contributed by atoms with Gasteiger partial charge in [0.15, 0.2) is 0 Å². The maximum atomic E-state index is 3.76. The summed E-state index contributed by atoms with van der Waals surface area (Å²) in [4.78, 5) is 0. The van der Waals surface area contributed by atoms with E-state index in [4.69, 9.17) is 0 Å². The van der Waals surface area contributed by atoms with E-state index >= 15 is 0 Å². The molecule has 0 aromatic carbocycles. The van der Waals surface area contributed by atoms with Crippen LogP contribution < -0.4 is 0 Å². The Kier molecular flexibility index (Phi) is 1.99. The molecule has 0 aliphatic heterocycles. The van der Waals surface area contributed by atoms with Gasteiger partial charge in [0, 0.05) is 22.6 Å². The maximum Gasteiger partial charge on any atom is 0.212 e. The minimum absolute atomic E-state index is 0.354. The third kappa shape index (κ3) is 1.38. The quantitative estimate of drug-likeness (QED) is 0.681. The Hall–Kier alpha value is -0.200. The fourth-order valence-electron chi connectivity index (χ4n) is 0.499. The number of hydrogen-bond donors (Lipinski definition) is 0. The van der Waals surface area contributed by atoms with Gasteiger partial charge < -0.3 is 0 Å². The Balaban J connectivity index is 2.94. The van der Waals surface area contributed by atoms with Crippen molar-refractivity contribution in [2.24, 2.45) is 0 Å². The van der Waals surface area contributed by atoms with Gasteiger partial charge in [-0.3, -0.25) is 0 Å². The first-order chi connectivity index (χ1) is 4.22. The highest BCUT2D eigenvalue weighted by Crippen LogP contribution is 2.04. The molecule has 0 amide bonds. The molecule has 0 radical (unpaired) electrons. The molecule has 0 saturated heterocycles. The Morgan fingerprint density at radius 3 is 2.44 bits per heavy atom. The average Bonchev–Trinajstić information content (AvgIpc) is 2.13. The Bertz CT molecular complexity index is 194. The average molecular weight is 238 g/mol. The molecule has 0 aliphatic carbocycles. The topological polar surface area (TPSA) is 43.6 Å². The maximum absolute atomic E-state index is 3.76. The lowest BCUT2D eigenvalue weighted by Gasteiger charge is -2.01. The fourth-order valence-corrected chi connectivity index (χ4v) is 1.25. The molecule has 9 heavy (non-hydrogen) atoms. The van der Waals surface area contributed by atoms with Crippen molar-refractivity contribution < 1.29 is 0 Å². The monoisotopic (exact) mass is 238 g/mol. The predicted octanol–water partition coefficient (Wildman–Crippen LogP) is 0.859. The van der Waals surface area contributed by atoms with Crippen LogP contribution in [0.1, 0.15) is 19.9 Å². The number of nitrogens with zero attached hydrogens (tertiary/aromatic N) is 4. The van der Waals surface area contributed by atoms with Crippen molar-refractivity contribution in [3.05, 3.63) is 3.83 Å². The highest BCUT2D eigenvalue weighted by molar-refractivity contribution is 14.1. The molecule has 0 spiro atoms. The van der Waals surface area contributed by atoms with Crippen molar-refractivity contribution >= 4 is 22.6 Å². The molecule has 0 unspecified atom stereocenters. The summed E-state index contributed by atoms with van der Waals surface area (Å²) in [5, 5.41) is 11.0. The zero-order valence-electron chi connectivity index (χ0n) is 5.24. The van der Waals surface area contributed by atoms with Gasteiger partial charge >= 0.3 is 0 Å². The van der Waals surface area contributed by atoms with Crippen LogP contribution in [-0.2, 0) is 0 Å². The van der Waals surface area contributed by atoms with Gasteiger partial charge in [-0.15, -0.1) is 5.10 Å². The molecule has 0 aliphatic rings. The second-order valence-corrected chi connectivity index (χ2v) is 2.95. The molecule has 1 rings (SSSR count). The van der Waals surface area contributed by atoms with E-state index in [1.807, 2.05) is 13.8 Å². The third-order valence-electron chi connectivity index (χ3n) is 0.942. The van der Waals surface area contributed by atoms with Crippen molar-refractivity contribution in [2.45, 2.75) is 19.9 Å². The van der Waals surface area contributed by atoms with Crippen LogP contribution in [0, 0.1) is 3.83 Å². The fraction of sp³-hybridized carbons (Fsp3) is 0.750. The van der Waals surface area contributed by atoms with Gasteiger partial charge in [-0.1, -0.05) is 0 Å². The summed E-state index contributed by atoms with van der Waals surface area (Å²) in [6.07, 6.45) is 0. The summed E-state index contributed by atoms with van der Waals surface area (Å²) in [5.74, 6) is 0. The zero-order valence-corrected chi connectivity index (χ0v) is 7.40. The third-order valence-corrected chi connectivity index (χ3v) is 1.65. The van der Waals surface area contributed by atoms with Crippen LogP contribution in [0.25, 0.3) is 0 Å². The summed E-state index contributed by atoms with van der Waals surface area (Å²) in [6.45, 7) is 4.08. The van der Waals surface area contributed by atoms with Crippen molar-refractivity contribution in [3.8, 4) is 0 Å². The van der Waals surface area contributed by atoms with Crippen LogP contribution >= 0.6 is 22.6 Å². The minimum atomic E-state index is 0.354. The van der Waals surface area contributed by atoms with Gasteiger partial charge in [0.1, 0.15) is 0 Å². The van der Waals surface area contributed by atoms with E-state index in [1.165, 1.54) is 0 Å². The van der Waals surface area contributed by atoms with Gasteiger partial charge in [0.2, 0.25) is 3.83 Å². The lowest BCUT2D eigenvalue weighted by atomic mass is 10.4. The second kappa shape index (κ2) is 2.59. The molecule has 0 N–H and O–H groups in total. The number of tetrazole rings is 1. The van der Waals surface area contributed by atoms with E-state index in [0.29, 0.717) is 6.04 Å². The SMILES string of the molecule is CC(C)n1nnnc1I.